The van der Waals surface area contributed by atoms with E-state index in [1.54, 1.807) is 4.90 Å². The fraction of sp³-hybridized carbons (Fsp3) is 0.593. The van der Waals surface area contributed by atoms with E-state index >= 15 is 4.39 Å². The summed E-state index contributed by atoms with van der Waals surface area (Å²) in [4.78, 5) is 26.1. The highest BCUT2D eigenvalue weighted by Crippen LogP contribution is 2.45. The van der Waals surface area contributed by atoms with Crippen LogP contribution in [0.15, 0.2) is 24.5 Å². The predicted octanol–water partition coefficient (Wildman–Crippen LogP) is 5.12. The zero-order chi connectivity index (χ0) is 27.4. The number of amides is 1. The van der Waals surface area contributed by atoms with E-state index in [1.807, 2.05) is 25.7 Å². The number of hydrogen-bond donors (Lipinski definition) is 1. The van der Waals surface area contributed by atoms with E-state index < -0.39 is 35.7 Å². The lowest BCUT2D eigenvalue weighted by Crippen LogP contribution is -2.53. The number of nitrogens with one attached hydrogen (secondary N) is 1. The Morgan fingerprint density at radius 1 is 1.16 bits per heavy atom. The van der Waals surface area contributed by atoms with Crippen molar-refractivity contribution in [3.63, 3.8) is 0 Å². The van der Waals surface area contributed by atoms with E-state index in [1.165, 1.54) is 6.33 Å². The van der Waals surface area contributed by atoms with Crippen molar-refractivity contribution in [2.45, 2.75) is 75.8 Å². The van der Waals surface area contributed by atoms with Crippen molar-refractivity contribution >= 4 is 11.7 Å². The third-order valence-electron chi connectivity index (χ3n) is 8.12. The molecule has 0 radical (unpaired) electrons. The van der Waals surface area contributed by atoms with E-state index in [9.17, 15) is 22.4 Å². The Hall–Kier alpha value is -2.82. The maximum Gasteiger partial charge on any atom is 0.416 e. The van der Waals surface area contributed by atoms with Crippen LogP contribution in [0.3, 0.4) is 0 Å². The first-order chi connectivity index (χ1) is 17.9. The Labute approximate surface area is 218 Å². The van der Waals surface area contributed by atoms with Crippen LogP contribution in [-0.4, -0.2) is 58.5 Å². The fourth-order valence-electron chi connectivity index (χ4n) is 6.14. The molecule has 2 fully saturated rings. The number of hydrogen-bond acceptors (Lipinski definition) is 5. The molecule has 0 saturated carbocycles. The Morgan fingerprint density at radius 3 is 2.47 bits per heavy atom. The molecule has 38 heavy (non-hydrogen) atoms. The molecule has 2 saturated heterocycles. The SMILES string of the molecule is C[C@@H]1C[C@H](F)c2ncnc(N3CCN(C(=O)C(c4ccc(C(F)(F)F)cc4F)[C@@H]4CCC(C)(C)N4)CC3)c21. The number of halogens is 5. The topological polar surface area (TPSA) is 61.4 Å². The molecule has 1 aromatic carbocycles. The van der Waals surface area contributed by atoms with Gasteiger partial charge in [-0.2, -0.15) is 13.2 Å². The van der Waals surface area contributed by atoms with Gasteiger partial charge in [0.05, 0.1) is 17.2 Å². The number of benzene rings is 1. The van der Waals surface area contributed by atoms with Gasteiger partial charge in [0.15, 0.2) is 0 Å². The highest BCUT2D eigenvalue weighted by Gasteiger charge is 2.43. The summed E-state index contributed by atoms with van der Waals surface area (Å²) in [6.45, 7) is 7.48. The summed E-state index contributed by atoms with van der Waals surface area (Å²) < 4.78 is 69.0. The number of rotatable bonds is 4. The first-order valence-electron chi connectivity index (χ1n) is 13.0. The number of carbonyl (C=O) groups is 1. The summed E-state index contributed by atoms with van der Waals surface area (Å²) in [5, 5.41) is 3.39. The van der Waals surface area contributed by atoms with Crippen LogP contribution in [0.5, 0.6) is 0 Å². The van der Waals surface area contributed by atoms with Crippen LogP contribution < -0.4 is 10.2 Å². The summed E-state index contributed by atoms with van der Waals surface area (Å²) in [6, 6.07) is 2.01. The quantitative estimate of drug-likeness (QED) is 0.549. The van der Waals surface area contributed by atoms with Gasteiger partial charge in [-0.1, -0.05) is 13.0 Å². The minimum atomic E-state index is -4.68. The van der Waals surface area contributed by atoms with Gasteiger partial charge in [-0.05, 0) is 51.2 Å². The second-order valence-corrected chi connectivity index (χ2v) is 11.3. The number of piperazine rings is 1. The standard InChI is InChI=1S/C27H32F5N5O/c1-15-12-19(29)23-21(15)24(34-14-33-23)36-8-10-37(11-9-36)25(38)22(20-6-7-26(2,3)35-20)17-5-4-16(13-18(17)28)27(30,31)32/h4-5,13-15,19-20,22,35H,6-12H2,1-3H3/t15-,19+,20+,22?/m1/s1. The van der Waals surface area contributed by atoms with Gasteiger partial charge in [-0.25, -0.2) is 18.7 Å². The summed E-state index contributed by atoms with van der Waals surface area (Å²) in [5.41, 5.74) is -0.157. The van der Waals surface area contributed by atoms with Crippen molar-refractivity contribution in [2.24, 2.45) is 0 Å². The van der Waals surface area contributed by atoms with Crippen LogP contribution in [0.1, 0.15) is 80.4 Å². The third kappa shape index (κ3) is 4.97. The van der Waals surface area contributed by atoms with Crippen LogP contribution in [0.2, 0.25) is 0 Å². The Bertz CT molecular complexity index is 1210. The molecule has 1 aliphatic carbocycles. The lowest BCUT2D eigenvalue weighted by atomic mass is 9.87. The molecule has 11 heteroatoms. The van der Waals surface area contributed by atoms with E-state index in [2.05, 4.69) is 15.3 Å². The minimum Gasteiger partial charge on any atom is -0.353 e. The lowest BCUT2D eigenvalue weighted by Gasteiger charge is -2.39. The maximum absolute atomic E-state index is 15.1. The van der Waals surface area contributed by atoms with Crippen molar-refractivity contribution in [1.82, 2.24) is 20.2 Å². The molecule has 1 aromatic heterocycles. The Balaban J connectivity index is 1.38. The van der Waals surface area contributed by atoms with Crippen LogP contribution in [0.4, 0.5) is 27.8 Å². The van der Waals surface area contributed by atoms with Crippen LogP contribution in [0, 0.1) is 5.82 Å². The number of nitrogens with zero attached hydrogens (tertiary/aromatic N) is 4. The molecule has 2 aliphatic heterocycles. The molecule has 1 N–H and O–H groups in total. The Kier molecular flexibility index (Phi) is 6.86. The average molecular weight is 538 g/mol. The van der Waals surface area contributed by atoms with Crippen LogP contribution in [0.25, 0.3) is 0 Å². The predicted molar refractivity (Wildman–Crippen MR) is 132 cm³/mol. The lowest BCUT2D eigenvalue weighted by molar-refractivity contribution is -0.137. The molecule has 3 aliphatic rings. The zero-order valence-corrected chi connectivity index (χ0v) is 21.7. The van der Waals surface area contributed by atoms with Gasteiger partial charge in [-0.15, -0.1) is 0 Å². The third-order valence-corrected chi connectivity index (χ3v) is 8.12. The second-order valence-electron chi connectivity index (χ2n) is 11.3. The minimum absolute atomic E-state index is 0.0142. The number of alkyl halides is 4. The monoisotopic (exact) mass is 537 g/mol. The Morgan fingerprint density at radius 2 is 1.87 bits per heavy atom. The van der Waals surface area contributed by atoms with E-state index in [0.29, 0.717) is 56.6 Å². The van der Waals surface area contributed by atoms with Gasteiger partial charge < -0.3 is 15.1 Å². The van der Waals surface area contributed by atoms with Crippen molar-refractivity contribution < 1.29 is 26.7 Å². The number of aromatic nitrogens is 2. The van der Waals surface area contributed by atoms with E-state index in [0.717, 1.165) is 24.1 Å². The summed E-state index contributed by atoms with van der Waals surface area (Å²) in [5.74, 6) is -1.64. The number of fused-ring (bicyclic) bond motifs is 1. The molecule has 3 heterocycles. The van der Waals surface area contributed by atoms with E-state index in [-0.39, 0.29) is 22.9 Å². The average Bonchev–Trinajstić information content (AvgIpc) is 3.37. The van der Waals surface area contributed by atoms with Crippen molar-refractivity contribution in [3.8, 4) is 0 Å². The molecule has 0 spiro atoms. The summed E-state index contributed by atoms with van der Waals surface area (Å²) >= 11 is 0. The van der Waals surface area contributed by atoms with Gasteiger partial charge >= 0.3 is 6.18 Å². The molecular weight excluding hydrogens is 505 g/mol. The molecule has 6 nitrogen and oxygen atoms in total. The van der Waals surface area contributed by atoms with Gasteiger partial charge in [-0.3, -0.25) is 4.79 Å². The molecule has 5 rings (SSSR count). The fourth-order valence-corrected chi connectivity index (χ4v) is 6.14. The number of anilines is 1. The summed E-state index contributed by atoms with van der Waals surface area (Å²) in [6.07, 6.45) is -2.71. The molecule has 2 aromatic rings. The van der Waals surface area contributed by atoms with Crippen molar-refractivity contribution in [1.29, 1.82) is 0 Å². The second kappa shape index (κ2) is 9.73. The van der Waals surface area contributed by atoms with Crippen molar-refractivity contribution in [2.75, 3.05) is 31.1 Å². The highest BCUT2D eigenvalue weighted by molar-refractivity contribution is 5.85. The van der Waals surface area contributed by atoms with Crippen LogP contribution >= 0.6 is 0 Å². The molecule has 0 bridgehead atoms. The molecule has 1 amide bonds. The first kappa shape index (κ1) is 26.8. The van der Waals surface area contributed by atoms with E-state index in [4.69, 9.17) is 0 Å². The normalized spacial score (nSPS) is 25.9. The van der Waals surface area contributed by atoms with Gasteiger partial charge in [0, 0.05) is 48.9 Å². The molecule has 4 atom stereocenters. The number of carbonyl (C=O) groups excluding carboxylic acids is 1. The summed E-state index contributed by atoms with van der Waals surface area (Å²) in [7, 11) is 0. The first-order valence-corrected chi connectivity index (χ1v) is 13.0. The van der Waals surface area contributed by atoms with Crippen molar-refractivity contribution in [3.05, 3.63) is 52.7 Å². The van der Waals surface area contributed by atoms with Gasteiger partial charge in [0.1, 0.15) is 24.1 Å². The van der Waals surface area contributed by atoms with Crippen LogP contribution in [-0.2, 0) is 11.0 Å². The highest BCUT2D eigenvalue weighted by atomic mass is 19.4. The smallest absolute Gasteiger partial charge is 0.353 e. The van der Waals surface area contributed by atoms with Gasteiger partial charge in [0.2, 0.25) is 5.91 Å². The zero-order valence-electron chi connectivity index (χ0n) is 21.7. The van der Waals surface area contributed by atoms with Gasteiger partial charge in [0.25, 0.3) is 0 Å². The maximum atomic E-state index is 15.1. The molecular formula is C27H32F5N5O. The molecule has 1 unspecified atom stereocenters. The largest absolute Gasteiger partial charge is 0.416 e. The molecule has 206 valence electrons.